The molecule has 0 saturated heterocycles. The van der Waals surface area contributed by atoms with E-state index in [0.717, 1.165) is 71.3 Å². The molecule has 11 rings (SSSR count). The molecule has 0 spiro atoms. The normalized spacial score (nSPS) is 11.6. The van der Waals surface area contributed by atoms with E-state index in [0.29, 0.717) is 17.5 Å². The van der Waals surface area contributed by atoms with Gasteiger partial charge in [0.1, 0.15) is 11.2 Å². The summed E-state index contributed by atoms with van der Waals surface area (Å²) in [5.74, 6) is 1.89. The Balaban J connectivity index is 1.13. The van der Waals surface area contributed by atoms with Crippen LogP contribution >= 0.6 is 0 Å². The van der Waals surface area contributed by atoms with Gasteiger partial charge in [-0.15, -0.1) is 0 Å². The highest BCUT2D eigenvalue weighted by atomic mass is 16.3. The Labute approximate surface area is 317 Å². The highest BCUT2D eigenvalue weighted by molar-refractivity contribution is 6.16. The number of fused-ring (bicyclic) bond motifs is 6. The fourth-order valence-electron chi connectivity index (χ4n) is 8.26. The summed E-state index contributed by atoms with van der Waals surface area (Å²) in [6, 6.07) is 65.7. The molecule has 4 heteroatoms. The Morgan fingerprint density at radius 1 is 0.273 bits per heavy atom. The van der Waals surface area contributed by atoms with E-state index < -0.39 is 0 Å². The van der Waals surface area contributed by atoms with E-state index in [1.807, 2.05) is 36.4 Å². The predicted octanol–water partition coefficient (Wildman–Crippen LogP) is 13.6. The standard InChI is InChI=1S/C51H31N3O/c1-2-15-33(16-3-1)49-52-50(43-27-12-24-38-37(23-11-25-40(38)43)35-22-10-17-32-14-4-5-18-34(32)35)54-51(53-49)44-31-30-41(36-19-6-7-20-39(36)44)42-26-13-29-47-48(42)45-21-8-9-28-46(45)55-47/h1-31H. The summed E-state index contributed by atoms with van der Waals surface area (Å²) in [7, 11) is 0. The number of furan rings is 1. The first-order valence-electron chi connectivity index (χ1n) is 18.5. The van der Waals surface area contributed by atoms with E-state index in [1.54, 1.807) is 0 Å². The maximum absolute atomic E-state index is 6.28. The van der Waals surface area contributed by atoms with E-state index in [4.69, 9.17) is 19.4 Å². The van der Waals surface area contributed by atoms with Crippen LogP contribution in [0.5, 0.6) is 0 Å². The first-order chi connectivity index (χ1) is 27.3. The molecule has 9 aromatic carbocycles. The van der Waals surface area contributed by atoms with Crippen molar-refractivity contribution < 1.29 is 4.42 Å². The van der Waals surface area contributed by atoms with Crippen LogP contribution in [-0.4, -0.2) is 15.0 Å². The SMILES string of the molecule is c1ccc(-c2nc(-c3cccc4c(-c5cccc6ccccc56)cccc34)nc(-c3ccc(-c4cccc5oc6ccccc6c45)c4ccccc34)n2)cc1. The van der Waals surface area contributed by atoms with Gasteiger partial charge in [0.05, 0.1) is 0 Å². The molecule has 0 amide bonds. The molecule has 0 saturated carbocycles. The van der Waals surface area contributed by atoms with Gasteiger partial charge in [0.2, 0.25) is 0 Å². The maximum Gasteiger partial charge on any atom is 0.164 e. The molecule has 256 valence electrons. The number of hydrogen-bond donors (Lipinski definition) is 0. The molecular weight excluding hydrogens is 671 g/mol. The van der Waals surface area contributed by atoms with Crippen LogP contribution in [0.15, 0.2) is 192 Å². The Morgan fingerprint density at radius 3 is 1.47 bits per heavy atom. The fourth-order valence-corrected chi connectivity index (χ4v) is 8.26. The fraction of sp³-hybridized carbons (Fsp3) is 0. The second kappa shape index (κ2) is 12.6. The zero-order valence-electron chi connectivity index (χ0n) is 29.6. The van der Waals surface area contributed by atoms with Gasteiger partial charge in [-0.2, -0.15) is 0 Å². The molecule has 0 radical (unpaired) electrons. The molecule has 2 heterocycles. The van der Waals surface area contributed by atoms with Gasteiger partial charge < -0.3 is 4.42 Å². The third-order valence-corrected chi connectivity index (χ3v) is 10.8. The summed E-state index contributed by atoms with van der Waals surface area (Å²) in [6.07, 6.45) is 0. The zero-order chi connectivity index (χ0) is 36.3. The molecule has 55 heavy (non-hydrogen) atoms. The predicted molar refractivity (Wildman–Crippen MR) is 227 cm³/mol. The Kier molecular flexibility index (Phi) is 7.14. The van der Waals surface area contributed by atoms with Crippen molar-refractivity contribution in [2.24, 2.45) is 0 Å². The summed E-state index contributed by atoms with van der Waals surface area (Å²) in [5, 5.41) is 9.08. The summed E-state index contributed by atoms with van der Waals surface area (Å²) in [6.45, 7) is 0. The van der Waals surface area contributed by atoms with Gasteiger partial charge in [-0.1, -0.05) is 170 Å². The van der Waals surface area contributed by atoms with Crippen LogP contribution in [0.1, 0.15) is 0 Å². The van der Waals surface area contributed by atoms with Crippen molar-refractivity contribution >= 4 is 54.3 Å². The maximum atomic E-state index is 6.28. The summed E-state index contributed by atoms with van der Waals surface area (Å²) in [5.41, 5.74) is 9.23. The molecule has 0 fully saturated rings. The topological polar surface area (TPSA) is 51.8 Å². The van der Waals surface area contributed by atoms with Crippen molar-refractivity contribution in [2.75, 3.05) is 0 Å². The van der Waals surface area contributed by atoms with Crippen LogP contribution in [0.3, 0.4) is 0 Å². The number of rotatable bonds is 5. The van der Waals surface area contributed by atoms with Crippen LogP contribution in [-0.2, 0) is 0 Å². The molecular formula is C51H31N3O. The molecule has 0 bridgehead atoms. The second-order valence-corrected chi connectivity index (χ2v) is 13.9. The van der Waals surface area contributed by atoms with Gasteiger partial charge >= 0.3 is 0 Å². The van der Waals surface area contributed by atoms with Crippen molar-refractivity contribution in [2.45, 2.75) is 0 Å². The van der Waals surface area contributed by atoms with E-state index in [9.17, 15) is 0 Å². The quantitative estimate of drug-likeness (QED) is 0.179. The van der Waals surface area contributed by atoms with Gasteiger partial charge in [-0.05, 0) is 72.8 Å². The number of aromatic nitrogens is 3. The highest BCUT2D eigenvalue weighted by Crippen LogP contribution is 2.42. The number of nitrogens with zero attached hydrogens (tertiary/aromatic N) is 3. The van der Waals surface area contributed by atoms with Crippen LogP contribution in [0.2, 0.25) is 0 Å². The molecule has 0 aliphatic carbocycles. The molecule has 0 N–H and O–H groups in total. The van der Waals surface area contributed by atoms with Crippen molar-refractivity contribution in [3.8, 4) is 56.4 Å². The van der Waals surface area contributed by atoms with Gasteiger partial charge in [0.15, 0.2) is 17.5 Å². The Bertz CT molecular complexity index is 3270. The minimum atomic E-state index is 0.626. The Hall–Kier alpha value is -7.43. The number of benzene rings is 9. The molecule has 11 aromatic rings. The third-order valence-electron chi connectivity index (χ3n) is 10.8. The van der Waals surface area contributed by atoms with Gasteiger partial charge in [0.25, 0.3) is 0 Å². The lowest BCUT2D eigenvalue weighted by molar-refractivity contribution is 0.669. The van der Waals surface area contributed by atoms with E-state index in [-0.39, 0.29) is 0 Å². The molecule has 0 unspecified atom stereocenters. The zero-order valence-corrected chi connectivity index (χ0v) is 29.6. The van der Waals surface area contributed by atoms with Crippen molar-refractivity contribution in [3.63, 3.8) is 0 Å². The largest absolute Gasteiger partial charge is 0.456 e. The minimum absolute atomic E-state index is 0.626. The van der Waals surface area contributed by atoms with Crippen LogP contribution in [0, 0.1) is 0 Å². The van der Waals surface area contributed by atoms with Crippen LogP contribution in [0.4, 0.5) is 0 Å². The first-order valence-corrected chi connectivity index (χ1v) is 18.5. The monoisotopic (exact) mass is 701 g/mol. The van der Waals surface area contributed by atoms with Gasteiger partial charge in [-0.25, -0.2) is 15.0 Å². The van der Waals surface area contributed by atoms with Crippen molar-refractivity contribution in [1.29, 1.82) is 0 Å². The lowest BCUT2D eigenvalue weighted by Crippen LogP contribution is -2.01. The smallest absolute Gasteiger partial charge is 0.164 e. The Morgan fingerprint density at radius 2 is 0.709 bits per heavy atom. The van der Waals surface area contributed by atoms with Gasteiger partial charge in [0, 0.05) is 27.5 Å². The van der Waals surface area contributed by atoms with Crippen molar-refractivity contribution in [3.05, 3.63) is 188 Å². The molecule has 0 aliphatic heterocycles. The molecule has 0 atom stereocenters. The second-order valence-electron chi connectivity index (χ2n) is 13.9. The average molecular weight is 702 g/mol. The number of hydrogen-bond acceptors (Lipinski definition) is 4. The van der Waals surface area contributed by atoms with E-state index in [1.165, 1.54) is 21.9 Å². The van der Waals surface area contributed by atoms with Crippen LogP contribution in [0.25, 0.3) is 111 Å². The van der Waals surface area contributed by atoms with Crippen molar-refractivity contribution in [1.82, 2.24) is 15.0 Å². The summed E-state index contributed by atoms with van der Waals surface area (Å²) in [4.78, 5) is 15.6. The lowest BCUT2D eigenvalue weighted by atomic mass is 9.92. The summed E-state index contributed by atoms with van der Waals surface area (Å²) >= 11 is 0. The van der Waals surface area contributed by atoms with Gasteiger partial charge in [-0.3, -0.25) is 0 Å². The van der Waals surface area contributed by atoms with E-state index >= 15 is 0 Å². The highest BCUT2D eigenvalue weighted by Gasteiger charge is 2.20. The average Bonchev–Trinajstić information content (AvgIpc) is 3.65. The summed E-state index contributed by atoms with van der Waals surface area (Å²) < 4.78 is 6.28. The minimum Gasteiger partial charge on any atom is -0.456 e. The molecule has 2 aromatic heterocycles. The first kappa shape index (κ1) is 31.1. The van der Waals surface area contributed by atoms with E-state index in [2.05, 4.69) is 152 Å². The lowest BCUT2D eigenvalue weighted by Gasteiger charge is -2.15. The number of para-hydroxylation sites is 1. The third kappa shape index (κ3) is 5.11. The van der Waals surface area contributed by atoms with Crippen LogP contribution < -0.4 is 0 Å². The molecule has 4 nitrogen and oxygen atoms in total. The molecule has 0 aliphatic rings.